The van der Waals surface area contributed by atoms with Gasteiger partial charge in [0, 0.05) is 24.3 Å². The number of carbonyl (C=O) groups is 2. The summed E-state index contributed by atoms with van der Waals surface area (Å²) in [6.07, 6.45) is -1.22. The van der Waals surface area contributed by atoms with Crippen molar-refractivity contribution in [1.82, 2.24) is 0 Å². The number of ether oxygens (including phenoxy) is 2. The number of aliphatic hydroxyl groups is 1. The number of esters is 2. The van der Waals surface area contributed by atoms with E-state index in [4.69, 9.17) is 9.47 Å². The molecular weight excluding hydrogens is 408 g/mol. The Balaban J connectivity index is 1.59. The molecule has 1 N–H and O–H groups in total. The number of hydrogen-bond donors (Lipinski definition) is 1. The molecule has 1 aliphatic carbocycles. The van der Waals surface area contributed by atoms with Crippen molar-refractivity contribution < 1.29 is 24.2 Å². The van der Waals surface area contributed by atoms with Gasteiger partial charge in [0.1, 0.15) is 10.2 Å². The summed E-state index contributed by atoms with van der Waals surface area (Å²) in [5.41, 5.74) is 0.886. The maximum absolute atomic E-state index is 12.8. The molecule has 2 aromatic carbocycles. The normalized spacial score (nSPS) is 25.5. The SMILES string of the molecule is O=C(O[C@@H]1C[C@@H](O)CC2(SCCS2)[C@H]1OC(=O)c1ccccc1)c1ccccc1. The fourth-order valence-electron chi connectivity index (χ4n) is 3.77. The van der Waals surface area contributed by atoms with Gasteiger partial charge in [-0.25, -0.2) is 9.59 Å². The van der Waals surface area contributed by atoms with Crippen LogP contribution in [-0.4, -0.2) is 50.9 Å². The van der Waals surface area contributed by atoms with Crippen LogP contribution in [0.1, 0.15) is 33.6 Å². The molecule has 1 heterocycles. The monoisotopic (exact) mass is 430 g/mol. The summed E-state index contributed by atoms with van der Waals surface area (Å²) in [4.78, 5) is 25.5. The van der Waals surface area contributed by atoms with E-state index < -0.39 is 34.3 Å². The second kappa shape index (κ2) is 8.81. The lowest BCUT2D eigenvalue weighted by atomic mass is 9.90. The number of thioether (sulfide) groups is 2. The number of rotatable bonds is 4. The highest BCUT2D eigenvalue weighted by molar-refractivity contribution is 8.21. The first-order chi connectivity index (χ1) is 14.1. The number of carbonyl (C=O) groups excluding carboxylic acids is 2. The zero-order chi connectivity index (χ0) is 20.3. The molecule has 5 nitrogen and oxygen atoms in total. The summed E-state index contributed by atoms with van der Waals surface area (Å²) in [7, 11) is 0. The van der Waals surface area contributed by atoms with Gasteiger partial charge >= 0.3 is 11.9 Å². The average molecular weight is 431 g/mol. The van der Waals surface area contributed by atoms with E-state index in [-0.39, 0.29) is 6.42 Å². The zero-order valence-corrected chi connectivity index (χ0v) is 17.4. The molecule has 4 rings (SSSR count). The van der Waals surface area contributed by atoms with Crippen LogP contribution < -0.4 is 0 Å². The predicted molar refractivity (Wildman–Crippen MR) is 114 cm³/mol. The molecule has 1 saturated heterocycles. The van der Waals surface area contributed by atoms with Gasteiger partial charge in [0.15, 0.2) is 6.10 Å². The molecule has 0 amide bonds. The minimum Gasteiger partial charge on any atom is -0.455 e. The van der Waals surface area contributed by atoms with Crippen LogP contribution in [0.15, 0.2) is 60.7 Å². The number of benzene rings is 2. The maximum Gasteiger partial charge on any atom is 0.338 e. The Labute approximate surface area is 178 Å². The first kappa shape index (κ1) is 20.3. The lowest BCUT2D eigenvalue weighted by Gasteiger charge is -2.44. The molecular formula is C22H22O5S2. The van der Waals surface area contributed by atoms with Crippen molar-refractivity contribution in [2.75, 3.05) is 11.5 Å². The zero-order valence-electron chi connectivity index (χ0n) is 15.7. The van der Waals surface area contributed by atoms with Crippen molar-refractivity contribution in [3.8, 4) is 0 Å². The molecule has 0 bridgehead atoms. The lowest BCUT2D eigenvalue weighted by molar-refractivity contribution is -0.0761. The summed E-state index contributed by atoms with van der Waals surface area (Å²) >= 11 is 3.35. The minimum atomic E-state index is -0.711. The molecule has 152 valence electrons. The molecule has 7 heteroatoms. The van der Waals surface area contributed by atoms with Gasteiger partial charge in [0.2, 0.25) is 0 Å². The van der Waals surface area contributed by atoms with Crippen LogP contribution in [0.25, 0.3) is 0 Å². The third kappa shape index (κ3) is 4.47. The van der Waals surface area contributed by atoms with Gasteiger partial charge in [0.05, 0.1) is 17.2 Å². The highest BCUT2D eigenvalue weighted by atomic mass is 32.2. The molecule has 1 aliphatic heterocycles. The lowest BCUT2D eigenvalue weighted by Crippen LogP contribution is -2.54. The molecule has 2 aliphatic rings. The van der Waals surface area contributed by atoms with E-state index in [9.17, 15) is 14.7 Å². The summed E-state index contributed by atoms with van der Waals surface area (Å²) in [5, 5.41) is 10.5. The highest BCUT2D eigenvalue weighted by Gasteiger charge is 2.55. The quantitative estimate of drug-likeness (QED) is 0.740. The van der Waals surface area contributed by atoms with Crippen LogP contribution in [0, 0.1) is 0 Å². The predicted octanol–water partition coefficient (Wildman–Crippen LogP) is 3.77. The Morgan fingerprint density at radius 3 is 1.93 bits per heavy atom. The first-order valence-electron chi connectivity index (χ1n) is 9.55. The van der Waals surface area contributed by atoms with Crippen LogP contribution in [0.3, 0.4) is 0 Å². The van der Waals surface area contributed by atoms with E-state index in [1.807, 2.05) is 12.1 Å². The van der Waals surface area contributed by atoms with Crippen LogP contribution in [0.4, 0.5) is 0 Å². The van der Waals surface area contributed by atoms with Gasteiger partial charge in [-0.15, -0.1) is 23.5 Å². The molecule has 0 radical (unpaired) electrons. The molecule has 0 unspecified atom stereocenters. The Morgan fingerprint density at radius 2 is 1.38 bits per heavy atom. The standard InChI is InChI=1S/C22H22O5S2/c23-17-13-18(26-20(24)15-7-3-1-4-8-15)19(22(14-17)28-11-12-29-22)27-21(25)16-9-5-2-6-10-16/h1-10,17-19,23H,11-14H2/t17-,18-,19+/m1/s1. The fraction of sp³-hybridized carbons (Fsp3) is 0.364. The highest BCUT2D eigenvalue weighted by Crippen LogP contribution is 2.54. The van der Waals surface area contributed by atoms with Crippen molar-refractivity contribution in [2.45, 2.75) is 35.2 Å². The van der Waals surface area contributed by atoms with Gasteiger partial charge < -0.3 is 14.6 Å². The molecule has 3 atom stereocenters. The van der Waals surface area contributed by atoms with Crippen molar-refractivity contribution in [1.29, 1.82) is 0 Å². The smallest absolute Gasteiger partial charge is 0.338 e. The van der Waals surface area contributed by atoms with E-state index in [1.54, 1.807) is 72.1 Å². The Hall–Kier alpha value is -1.96. The second-order valence-electron chi connectivity index (χ2n) is 7.10. The van der Waals surface area contributed by atoms with E-state index in [0.717, 1.165) is 11.5 Å². The van der Waals surface area contributed by atoms with Crippen LogP contribution >= 0.6 is 23.5 Å². The molecule has 2 fully saturated rings. The van der Waals surface area contributed by atoms with E-state index in [2.05, 4.69) is 0 Å². The Kier molecular flexibility index (Phi) is 6.18. The van der Waals surface area contributed by atoms with Crippen LogP contribution in [0.5, 0.6) is 0 Å². The van der Waals surface area contributed by atoms with Crippen LogP contribution in [0.2, 0.25) is 0 Å². The maximum atomic E-state index is 12.8. The third-order valence-corrected chi connectivity index (χ3v) is 8.64. The summed E-state index contributed by atoms with van der Waals surface area (Å²) < 4.78 is 11.2. The third-order valence-electron chi connectivity index (χ3n) is 5.08. The van der Waals surface area contributed by atoms with Gasteiger partial charge in [0.25, 0.3) is 0 Å². The number of aliphatic hydroxyl groups excluding tert-OH is 1. The van der Waals surface area contributed by atoms with Crippen molar-refractivity contribution in [3.05, 3.63) is 71.8 Å². The summed E-state index contributed by atoms with van der Waals surface area (Å²) in [5.74, 6) is 0.875. The minimum absolute atomic E-state index is 0.244. The Morgan fingerprint density at radius 1 is 0.862 bits per heavy atom. The largest absolute Gasteiger partial charge is 0.455 e. The van der Waals surface area contributed by atoms with E-state index in [0.29, 0.717) is 17.5 Å². The van der Waals surface area contributed by atoms with Crippen LogP contribution in [-0.2, 0) is 9.47 Å². The summed E-state index contributed by atoms with van der Waals surface area (Å²) in [6.45, 7) is 0. The second-order valence-corrected chi connectivity index (χ2v) is 10.2. The molecule has 2 aromatic rings. The van der Waals surface area contributed by atoms with Crippen molar-refractivity contribution in [2.24, 2.45) is 0 Å². The van der Waals surface area contributed by atoms with Gasteiger partial charge in [-0.2, -0.15) is 0 Å². The molecule has 1 spiro atoms. The summed E-state index contributed by atoms with van der Waals surface area (Å²) in [6, 6.07) is 17.5. The molecule has 0 aromatic heterocycles. The van der Waals surface area contributed by atoms with Gasteiger partial charge in [-0.3, -0.25) is 0 Å². The topological polar surface area (TPSA) is 72.8 Å². The fourth-order valence-corrected chi connectivity index (χ4v) is 7.31. The Bertz CT molecular complexity index is 852. The van der Waals surface area contributed by atoms with Gasteiger partial charge in [-0.05, 0) is 24.3 Å². The van der Waals surface area contributed by atoms with Crippen molar-refractivity contribution >= 4 is 35.5 Å². The van der Waals surface area contributed by atoms with E-state index in [1.165, 1.54) is 0 Å². The van der Waals surface area contributed by atoms with E-state index >= 15 is 0 Å². The number of hydrogen-bond acceptors (Lipinski definition) is 7. The van der Waals surface area contributed by atoms with Gasteiger partial charge in [-0.1, -0.05) is 36.4 Å². The molecule has 1 saturated carbocycles. The average Bonchev–Trinajstić information content (AvgIpc) is 3.20. The first-order valence-corrected chi connectivity index (χ1v) is 11.5. The van der Waals surface area contributed by atoms with Crippen molar-refractivity contribution in [3.63, 3.8) is 0 Å². The molecule has 29 heavy (non-hydrogen) atoms.